The Balaban J connectivity index is 1.76. The molecule has 20 heavy (non-hydrogen) atoms. The molecule has 0 bridgehead atoms. The average Bonchev–Trinajstić information content (AvgIpc) is 2.94. The van der Waals surface area contributed by atoms with Crippen molar-refractivity contribution in [3.8, 4) is 0 Å². The van der Waals surface area contributed by atoms with E-state index in [-0.39, 0.29) is 0 Å². The van der Waals surface area contributed by atoms with E-state index in [9.17, 15) is 0 Å². The molecule has 3 N–H and O–H groups in total. The number of hydrogen-bond donors (Lipinski definition) is 2. The van der Waals surface area contributed by atoms with Crippen LogP contribution in [0, 0.1) is 0 Å². The number of nitrogens with two attached hydrogens (primary N) is 1. The fraction of sp³-hybridized carbons (Fsp3) is 0.438. The molecule has 0 radical (unpaired) electrons. The number of likely N-dealkylation sites (N-methyl/N-ethyl adjacent to an activating group) is 1. The third kappa shape index (κ3) is 2.43. The molecule has 106 valence electrons. The van der Waals surface area contributed by atoms with Crippen LogP contribution in [-0.2, 0) is 0 Å². The van der Waals surface area contributed by atoms with Gasteiger partial charge in [0.1, 0.15) is 0 Å². The first kappa shape index (κ1) is 13.2. The smallest absolute Gasteiger partial charge is 0.0630 e. The van der Waals surface area contributed by atoms with Crippen molar-refractivity contribution in [1.82, 2.24) is 9.88 Å². The maximum absolute atomic E-state index is 6.27. The van der Waals surface area contributed by atoms with Gasteiger partial charge in [0.05, 0.1) is 11.4 Å². The van der Waals surface area contributed by atoms with Crippen molar-refractivity contribution in [3.63, 3.8) is 0 Å². The van der Waals surface area contributed by atoms with Gasteiger partial charge in [-0.05, 0) is 38.1 Å². The summed E-state index contributed by atoms with van der Waals surface area (Å²) in [7, 11) is 0. The lowest BCUT2D eigenvalue weighted by Gasteiger charge is -2.24. The van der Waals surface area contributed by atoms with Crippen molar-refractivity contribution in [2.45, 2.75) is 25.8 Å². The first-order valence-corrected chi connectivity index (χ1v) is 7.39. The van der Waals surface area contributed by atoms with E-state index in [1.807, 2.05) is 12.3 Å². The Morgan fingerprint density at radius 3 is 3.15 bits per heavy atom. The van der Waals surface area contributed by atoms with Crippen molar-refractivity contribution in [1.29, 1.82) is 0 Å². The molecule has 3 rings (SSSR count). The quantitative estimate of drug-likeness (QED) is 0.839. The molecule has 1 aliphatic rings. The number of pyridine rings is 1. The van der Waals surface area contributed by atoms with E-state index < -0.39 is 0 Å². The highest BCUT2D eigenvalue weighted by Crippen LogP contribution is 2.28. The Kier molecular flexibility index (Phi) is 3.74. The normalized spacial score (nSPS) is 19.6. The molecule has 2 aromatic rings. The lowest BCUT2D eigenvalue weighted by atomic mass is 10.1. The average molecular weight is 270 g/mol. The molecule has 1 unspecified atom stereocenters. The summed E-state index contributed by atoms with van der Waals surface area (Å²) >= 11 is 0. The van der Waals surface area contributed by atoms with Gasteiger partial charge in [0.25, 0.3) is 0 Å². The number of rotatable bonds is 4. The molecule has 1 aromatic heterocycles. The summed E-state index contributed by atoms with van der Waals surface area (Å²) in [5.41, 5.74) is 8.13. The highest BCUT2D eigenvalue weighted by Gasteiger charge is 2.22. The minimum atomic E-state index is 0.632. The van der Waals surface area contributed by atoms with Crippen molar-refractivity contribution < 1.29 is 0 Å². The zero-order chi connectivity index (χ0) is 13.9. The van der Waals surface area contributed by atoms with Crippen LogP contribution in [0.2, 0.25) is 0 Å². The summed E-state index contributed by atoms with van der Waals surface area (Å²) in [4.78, 5) is 6.67. The van der Waals surface area contributed by atoms with Gasteiger partial charge in [-0.2, -0.15) is 0 Å². The number of nitrogens with one attached hydrogen (secondary N) is 1. The topological polar surface area (TPSA) is 54.2 Å². The SMILES string of the molecule is CCN1CCCC1CNc1ccc2cnccc2c1N. The molecule has 1 aliphatic heterocycles. The Hall–Kier alpha value is -1.81. The van der Waals surface area contributed by atoms with Crippen LogP contribution in [0.5, 0.6) is 0 Å². The number of fused-ring (bicyclic) bond motifs is 1. The van der Waals surface area contributed by atoms with Crippen LogP contribution < -0.4 is 11.1 Å². The zero-order valence-corrected chi connectivity index (χ0v) is 12.0. The summed E-state index contributed by atoms with van der Waals surface area (Å²) in [5, 5.41) is 5.69. The minimum Gasteiger partial charge on any atom is -0.397 e. The van der Waals surface area contributed by atoms with E-state index in [1.165, 1.54) is 19.4 Å². The highest BCUT2D eigenvalue weighted by molar-refractivity contribution is 5.98. The van der Waals surface area contributed by atoms with Crippen molar-refractivity contribution in [2.75, 3.05) is 30.7 Å². The maximum atomic E-state index is 6.27. The van der Waals surface area contributed by atoms with Gasteiger partial charge in [-0.3, -0.25) is 9.88 Å². The molecule has 2 heterocycles. The second kappa shape index (κ2) is 5.67. The molecule has 1 fully saturated rings. The Bertz CT molecular complexity index is 596. The summed E-state index contributed by atoms with van der Waals surface area (Å²) in [6.07, 6.45) is 6.22. The lowest BCUT2D eigenvalue weighted by molar-refractivity contribution is 0.277. The van der Waals surface area contributed by atoms with Crippen LogP contribution in [0.25, 0.3) is 10.8 Å². The van der Waals surface area contributed by atoms with E-state index in [4.69, 9.17) is 5.73 Å². The molecule has 4 heteroatoms. The van der Waals surface area contributed by atoms with Gasteiger partial charge in [0, 0.05) is 35.8 Å². The van der Waals surface area contributed by atoms with Gasteiger partial charge in [-0.15, -0.1) is 0 Å². The number of benzene rings is 1. The minimum absolute atomic E-state index is 0.632. The summed E-state index contributed by atoms with van der Waals surface area (Å²) < 4.78 is 0. The van der Waals surface area contributed by atoms with Crippen LogP contribution in [0.3, 0.4) is 0 Å². The van der Waals surface area contributed by atoms with Gasteiger partial charge < -0.3 is 11.1 Å². The number of likely N-dealkylation sites (tertiary alicyclic amines) is 1. The third-order valence-electron chi connectivity index (χ3n) is 4.30. The molecule has 1 atom stereocenters. The Labute approximate surface area is 120 Å². The summed E-state index contributed by atoms with van der Waals surface area (Å²) in [5.74, 6) is 0. The molecule has 0 aliphatic carbocycles. The molecule has 0 amide bonds. The van der Waals surface area contributed by atoms with Gasteiger partial charge in [0.2, 0.25) is 0 Å². The predicted molar refractivity (Wildman–Crippen MR) is 84.9 cm³/mol. The molecule has 1 saturated heterocycles. The van der Waals surface area contributed by atoms with Crippen molar-refractivity contribution in [2.24, 2.45) is 0 Å². The molecular weight excluding hydrogens is 248 g/mol. The number of anilines is 2. The van der Waals surface area contributed by atoms with E-state index in [0.29, 0.717) is 6.04 Å². The first-order chi connectivity index (χ1) is 9.79. The lowest BCUT2D eigenvalue weighted by Crippen LogP contribution is -2.34. The van der Waals surface area contributed by atoms with Gasteiger partial charge in [0.15, 0.2) is 0 Å². The van der Waals surface area contributed by atoms with E-state index in [1.54, 1.807) is 6.20 Å². The number of aromatic nitrogens is 1. The van der Waals surface area contributed by atoms with Crippen LogP contribution in [0.4, 0.5) is 11.4 Å². The zero-order valence-electron chi connectivity index (χ0n) is 12.0. The predicted octanol–water partition coefficient (Wildman–Crippen LogP) is 2.71. The van der Waals surface area contributed by atoms with Crippen molar-refractivity contribution in [3.05, 3.63) is 30.6 Å². The molecular formula is C16H22N4. The van der Waals surface area contributed by atoms with Crippen LogP contribution in [-0.4, -0.2) is 35.6 Å². The van der Waals surface area contributed by atoms with E-state index in [2.05, 4.69) is 34.3 Å². The Morgan fingerprint density at radius 2 is 2.30 bits per heavy atom. The second-order valence-electron chi connectivity index (χ2n) is 5.43. The number of nitrogen functional groups attached to an aromatic ring is 1. The van der Waals surface area contributed by atoms with Crippen LogP contribution in [0.15, 0.2) is 30.6 Å². The fourth-order valence-corrected chi connectivity index (χ4v) is 3.12. The second-order valence-corrected chi connectivity index (χ2v) is 5.43. The van der Waals surface area contributed by atoms with Gasteiger partial charge in [-0.1, -0.05) is 13.0 Å². The van der Waals surface area contributed by atoms with Crippen LogP contribution in [0.1, 0.15) is 19.8 Å². The highest BCUT2D eigenvalue weighted by atomic mass is 15.2. The number of nitrogens with zero attached hydrogens (tertiary/aromatic N) is 2. The maximum Gasteiger partial charge on any atom is 0.0630 e. The van der Waals surface area contributed by atoms with Crippen molar-refractivity contribution >= 4 is 22.1 Å². The molecule has 0 saturated carbocycles. The fourth-order valence-electron chi connectivity index (χ4n) is 3.12. The van der Waals surface area contributed by atoms with Gasteiger partial charge >= 0.3 is 0 Å². The van der Waals surface area contributed by atoms with Gasteiger partial charge in [-0.25, -0.2) is 0 Å². The summed E-state index contributed by atoms with van der Waals surface area (Å²) in [6, 6.07) is 6.74. The molecule has 0 spiro atoms. The monoisotopic (exact) mass is 270 g/mol. The first-order valence-electron chi connectivity index (χ1n) is 7.39. The molecule has 4 nitrogen and oxygen atoms in total. The number of hydrogen-bond acceptors (Lipinski definition) is 4. The van der Waals surface area contributed by atoms with E-state index >= 15 is 0 Å². The van der Waals surface area contributed by atoms with Crippen LogP contribution >= 0.6 is 0 Å². The Morgan fingerprint density at radius 1 is 1.40 bits per heavy atom. The van der Waals surface area contributed by atoms with E-state index in [0.717, 1.165) is 35.2 Å². The largest absolute Gasteiger partial charge is 0.397 e. The molecule has 1 aromatic carbocycles. The standard InChI is InChI=1S/C16H22N4/c1-2-20-9-3-4-13(20)11-19-15-6-5-12-10-18-8-7-14(12)16(15)17/h5-8,10,13,19H,2-4,9,11,17H2,1H3. The summed E-state index contributed by atoms with van der Waals surface area (Å²) in [6.45, 7) is 5.55. The third-order valence-corrected chi connectivity index (χ3v) is 4.30.